The fourth-order valence-electron chi connectivity index (χ4n) is 1.64. The van der Waals surface area contributed by atoms with Crippen molar-refractivity contribution in [2.45, 2.75) is 13.5 Å². The molecule has 0 saturated heterocycles. The maximum Gasteiger partial charge on any atom is 0.141 e. The Balaban J connectivity index is 2.37. The van der Waals surface area contributed by atoms with Gasteiger partial charge < -0.3 is 10.5 Å². The molecule has 2 nitrogen and oxygen atoms in total. The maximum atomic E-state index is 13.5. The highest BCUT2D eigenvalue weighted by Gasteiger charge is 2.10. The molecule has 18 heavy (non-hydrogen) atoms. The molecule has 2 rings (SSSR count). The highest BCUT2D eigenvalue weighted by molar-refractivity contribution is 9.10. The Morgan fingerprint density at radius 1 is 1.22 bits per heavy atom. The molecule has 0 aliphatic rings. The molecule has 0 spiro atoms. The van der Waals surface area contributed by atoms with Gasteiger partial charge in [0.25, 0.3) is 0 Å². The van der Waals surface area contributed by atoms with Crippen molar-refractivity contribution < 1.29 is 9.13 Å². The molecule has 0 bridgehead atoms. The van der Waals surface area contributed by atoms with Crippen LogP contribution in [0.3, 0.4) is 0 Å². The minimum absolute atomic E-state index is 0.103. The molecule has 0 saturated carbocycles. The van der Waals surface area contributed by atoms with Gasteiger partial charge in [-0.05, 0) is 52.7 Å². The van der Waals surface area contributed by atoms with Gasteiger partial charge in [0.05, 0.1) is 4.47 Å². The number of halogens is 2. The molecule has 0 heterocycles. The Morgan fingerprint density at radius 3 is 2.67 bits per heavy atom. The van der Waals surface area contributed by atoms with Crippen molar-refractivity contribution >= 4 is 15.9 Å². The molecule has 0 unspecified atom stereocenters. The number of rotatable bonds is 3. The predicted molar refractivity (Wildman–Crippen MR) is 73.2 cm³/mol. The van der Waals surface area contributed by atoms with E-state index in [-0.39, 0.29) is 12.4 Å². The van der Waals surface area contributed by atoms with Gasteiger partial charge in [0.2, 0.25) is 0 Å². The quantitative estimate of drug-likeness (QED) is 0.924. The number of hydrogen-bond donors (Lipinski definition) is 1. The summed E-state index contributed by atoms with van der Waals surface area (Å²) in [6.07, 6.45) is 0. The number of benzene rings is 2. The lowest BCUT2D eigenvalue weighted by Crippen LogP contribution is -2.02. The van der Waals surface area contributed by atoms with Gasteiger partial charge in [-0.25, -0.2) is 4.39 Å². The average molecular weight is 310 g/mol. The summed E-state index contributed by atoms with van der Waals surface area (Å²) >= 11 is 3.42. The summed E-state index contributed by atoms with van der Waals surface area (Å²) in [5.41, 5.74) is 7.03. The molecular weight excluding hydrogens is 297 g/mol. The zero-order chi connectivity index (χ0) is 13.1. The molecule has 94 valence electrons. The topological polar surface area (TPSA) is 35.2 Å². The lowest BCUT2D eigenvalue weighted by molar-refractivity contribution is 0.464. The zero-order valence-electron chi connectivity index (χ0n) is 9.91. The smallest absolute Gasteiger partial charge is 0.141 e. The van der Waals surface area contributed by atoms with Crippen LogP contribution in [0.4, 0.5) is 4.39 Å². The fraction of sp³-hybridized carbons (Fsp3) is 0.143. The maximum absolute atomic E-state index is 13.5. The van der Waals surface area contributed by atoms with E-state index in [1.165, 1.54) is 6.07 Å². The second-order valence-electron chi connectivity index (χ2n) is 3.96. The van der Waals surface area contributed by atoms with Crippen LogP contribution in [0.25, 0.3) is 0 Å². The first-order valence-electron chi connectivity index (χ1n) is 5.53. The van der Waals surface area contributed by atoms with Crippen molar-refractivity contribution in [1.82, 2.24) is 0 Å². The molecule has 0 aromatic heterocycles. The largest absolute Gasteiger partial charge is 0.456 e. The second kappa shape index (κ2) is 5.50. The van der Waals surface area contributed by atoms with Crippen LogP contribution in [-0.4, -0.2) is 0 Å². The van der Waals surface area contributed by atoms with Crippen molar-refractivity contribution in [3.05, 3.63) is 57.8 Å². The van der Waals surface area contributed by atoms with Gasteiger partial charge in [0.1, 0.15) is 17.3 Å². The number of hydrogen-bond acceptors (Lipinski definition) is 2. The zero-order valence-corrected chi connectivity index (χ0v) is 11.5. The van der Waals surface area contributed by atoms with E-state index in [0.29, 0.717) is 17.1 Å². The highest BCUT2D eigenvalue weighted by atomic mass is 79.9. The van der Waals surface area contributed by atoms with E-state index in [2.05, 4.69) is 15.9 Å². The molecule has 0 amide bonds. The van der Waals surface area contributed by atoms with Crippen LogP contribution >= 0.6 is 15.9 Å². The van der Waals surface area contributed by atoms with Gasteiger partial charge in [-0.15, -0.1) is 0 Å². The summed E-state index contributed by atoms with van der Waals surface area (Å²) < 4.78 is 20.1. The van der Waals surface area contributed by atoms with E-state index >= 15 is 0 Å². The summed E-state index contributed by atoms with van der Waals surface area (Å²) in [6.45, 7) is 2.09. The third-order valence-corrected chi connectivity index (χ3v) is 3.21. The molecule has 0 aliphatic carbocycles. The van der Waals surface area contributed by atoms with E-state index in [4.69, 9.17) is 10.5 Å². The normalized spacial score (nSPS) is 10.4. The standard InChI is InChI=1S/C14H13BrFNO/c1-9-5-6-14(11(15)7-9)18-13-4-2-3-12(16)10(13)8-17/h2-7H,8,17H2,1H3. The van der Waals surface area contributed by atoms with Gasteiger partial charge in [0, 0.05) is 12.1 Å². The molecule has 0 atom stereocenters. The van der Waals surface area contributed by atoms with Gasteiger partial charge in [-0.1, -0.05) is 12.1 Å². The molecule has 2 aromatic carbocycles. The first-order valence-corrected chi connectivity index (χ1v) is 6.32. The summed E-state index contributed by atoms with van der Waals surface area (Å²) in [6, 6.07) is 10.4. The fourth-order valence-corrected chi connectivity index (χ4v) is 2.21. The third-order valence-electron chi connectivity index (χ3n) is 2.59. The van der Waals surface area contributed by atoms with Crippen molar-refractivity contribution in [1.29, 1.82) is 0 Å². The Hall–Kier alpha value is -1.39. The molecule has 2 N–H and O–H groups in total. The van der Waals surface area contributed by atoms with E-state index in [1.807, 2.05) is 25.1 Å². The molecule has 0 radical (unpaired) electrons. The van der Waals surface area contributed by atoms with Gasteiger partial charge in [-0.3, -0.25) is 0 Å². The van der Waals surface area contributed by atoms with Crippen LogP contribution < -0.4 is 10.5 Å². The molecule has 0 fully saturated rings. The van der Waals surface area contributed by atoms with Crippen LogP contribution in [0.2, 0.25) is 0 Å². The summed E-state index contributed by atoms with van der Waals surface area (Å²) in [4.78, 5) is 0. The van der Waals surface area contributed by atoms with Crippen LogP contribution in [-0.2, 0) is 6.54 Å². The Morgan fingerprint density at radius 2 is 2.00 bits per heavy atom. The molecule has 4 heteroatoms. The number of ether oxygens (including phenoxy) is 1. The summed E-state index contributed by atoms with van der Waals surface area (Å²) in [7, 11) is 0. The van der Waals surface area contributed by atoms with Crippen LogP contribution in [0.1, 0.15) is 11.1 Å². The molecule has 2 aromatic rings. The van der Waals surface area contributed by atoms with Crippen molar-refractivity contribution in [3.63, 3.8) is 0 Å². The van der Waals surface area contributed by atoms with Gasteiger partial charge in [0.15, 0.2) is 0 Å². The molecular formula is C14H13BrFNO. The lowest BCUT2D eigenvalue weighted by atomic mass is 10.2. The van der Waals surface area contributed by atoms with Crippen LogP contribution in [0.5, 0.6) is 11.5 Å². The Bertz CT molecular complexity index is 572. The monoisotopic (exact) mass is 309 g/mol. The van der Waals surface area contributed by atoms with Crippen molar-refractivity contribution in [2.24, 2.45) is 5.73 Å². The number of nitrogens with two attached hydrogens (primary N) is 1. The summed E-state index contributed by atoms with van der Waals surface area (Å²) in [5.74, 6) is 0.737. The average Bonchev–Trinajstić information content (AvgIpc) is 2.33. The van der Waals surface area contributed by atoms with Crippen molar-refractivity contribution in [2.75, 3.05) is 0 Å². The highest BCUT2D eigenvalue weighted by Crippen LogP contribution is 2.32. The third kappa shape index (κ3) is 2.71. The Kier molecular flexibility index (Phi) is 3.99. The minimum Gasteiger partial charge on any atom is -0.456 e. The summed E-state index contributed by atoms with van der Waals surface area (Å²) in [5, 5.41) is 0. The van der Waals surface area contributed by atoms with E-state index in [9.17, 15) is 4.39 Å². The van der Waals surface area contributed by atoms with E-state index < -0.39 is 0 Å². The van der Waals surface area contributed by atoms with Crippen LogP contribution in [0, 0.1) is 12.7 Å². The Labute approximate surface area is 114 Å². The van der Waals surface area contributed by atoms with E-state index in [0.717, 1.165) is 10.0 Å². The number of aryl methyl sites for hydroxylation is 1. The van der Waals surface area contributed by atoms with E-state index in [1.54, 1.807) is 12.1 Å². The second-order valence-corrected chi connectivity index (χ2v) is 4.81. The lowest BCUT2D eigenvalue weighted by Gasteiger charge is -2.12. The van der Waals surface area contributed by atoms with Gasteiger partial charge >= 0.3 is 0 Å². The molecule has 0 aliphatic heterocycles. The minimum atomic E-state index is -0.349. The van der Waals surface area contributed by atoms with Crippen molar-refractivity contribution in [3.8, 4) is 11.5 Å². The predicted octanol–water partition coefficient (Wildman–Crippen LogP) is 4.15. The van der Waals surface area contributed by atoms with Crippen LogP contribution in [0.15, 0.2) is 40.9 Å². The SMILES string of the molecule is Cc1ccc(Oc2cccc(F)c2CN)c(Br)c1. The van der Waals surface area contributed by atoms with Gasteiger partial charge in [-0.2, -0.15) is 0 Å². The first-order chi connectivity index (χ1) is 8.61. The first kappa shape index (κ1) is 13.1.